The fourth-order valence-corrected chi connectivity index (χ4v) is 2.90. The molecule has 0 radical (unpaired) electrons. The number of anilines is 1. The minimum Gasteiger partial charge on any atom is -0.445 e. The summed E-state index contributed by atoms with van der Waals surface area (Å²) in [6.45, 7) is 0.747. The monoisotopic (exact) mass is 344 g/mol. The quantitative estimate of drug-likeness (QED) is 0.736. The lowest BCUT2D eigenvalue weighted by atomic mass is 10.0. The van der Waals surface area contributed by atoms with Crippen molar-refractivity contribution in [1.29, 1.82) is 0 Å². The number of nitrogens with zero attached hydrogens (tertiary/aromatic N) is 2. The number of aromatic nitrogens is 1. The van der Waals surface area contributed by atoms with E-state index in [0.717, 1.165) is 29.4 Å². The van der Waals surface area contributed by atoms with Crippen molar-refractivity contribution in [2.24, 2.45) is 5.92 Å². The van der Waals surface area contributed by atoms with E-state index < -0.39 is 0 Å². The van der Waals surface area contributed by atoms with E-state index in [9.17, 15) is 4.79 Å². The van der Waals surface area contributed by atoms with Crippen molar-refractivity contribution in [2.75, 3.05) is 11.4 Å². The molecule has 0 aromatic carbocycles. The molecular formula is C12H13IN2O2. The summed E-state index contributed by atoms with van der Waals surface area (Å²) in [6, 6.07) is 3.83. The van der Waals surface area contributed by atoms with Crippen LogP contribution in [0.5, 0.6) is 0 Å². The molecule has 1 saturated carbocycles. The number of rotatable bonds is 1. The molecule has 2 aliphatic rings. The van der Waals surface area contributed by atoms with Crippen LogP contribution >= 0.6 is 22.6 Å². The van der Waals surface area contributed by atoms with E-state index in [1.807, 2.05) is 12.1 Å². The van der Waals surface area contributed by atoms with Crippen molar-refractivity contribution >= 4 is 34.5 Å². The molecule has 1 amide bonds. The number of carbonyl (C=O) groups excluding carboxylic acids is 1. The van der Waals surface area contributed by atoms with Gasteiger partial charge in [-0.05, 0) is 54.0 Å². The average Bonchev–Trinajstić information content (AvgIpc) is 2.76. The van der Waals surface area contributed by atoms with Gasteiger partial charge in [0.05, 0.1) is 0 Å². The lowest BCUT2D eigenvalue weighted by Gasteiger charge is -2.33. The SMILES string of the molecule is O=C1O[C@H]2CCC[C@H]2CN1c1ccc(I)cn1. The molecule has 3 rings (SSSR count). The van der Waals surface area contributed by atoms with E-state index in [-0.39, 0.29) is 12.2 Å². The van der Waals surface area contributed by atoms with E-state index in [1.54, 1.807) is 11.1 Å². The summed E-state index contributed by atoms with van der Waals surface area (Å²) in [5.74, 6) is 1.18. The van der Waals surface area contributed by atoms with Crippen LogP contribution in [0.1, 0.15) is 19.3 Å². The summed E-state index contributed by atoms with van der Waals surface area (Å²) < 4.78 is 6.52. The highest BCUT2D eigenvalue weighted by molar-refractivity contribution is 14.1. The third kappa shape index (κ3) is 2.12. The van der Waals surface area contributed by atoms with Gasteiger partial charge in [-0.25, -0.2) is 9.78 Å². The molecule has 1 saturated heterocycles. The van der Waals surface area contributed by atoms with Crippen molar-refractivity contribution in [3.05, 3.63) is 21.9 Å². The number of hydrogen-bond acceptors (Lipinski definition) is 3. The van der Waals surface area contributed by atoms with Gasteiger partial charge in [-0.2, -0.15) is 0 Å². The van der Waals surface area contributed by atoms with E-state index in [4.69, 9.17) is 4.74 Å². The standard InChI is InChI=1S/C12H13IN2O2/c13-9-4-5-11(14-6-9)15-7-8-2-1-3-10(8)17-12(15)16/h4-6,8,10H,1-3,7H2/t8-,10-/m0/s1. The number of pyridine rings is 1. The van der Waals surface area contributed by atoms with Crippen LogP contribution in [-0.4, -0.2) is 23.7 Å². The third-order valence-corrected chi connectivity index (χ3v) is 4.11. The van der Waals surface area contributed by atoms with E-state index >= 15 is 0 Å². The maximum absolute atomic E-state index is 11.9. The fraction of sp³-hybridized carbons (Fsp3) is 0.500. The number of ether oxygens (including phenoxy) is 1. The van der Waals surface area contributed by atoms with Gasteiger partial charge in [0, 0.05) is 22.2 Å². The van der Waals surface area contributed by atoms with Crippen molar-refractivity contribution in [2.45, 2.75) is 25.4 Å². The Balaban J connectivity index is 1.83. The van der Waals surface area contributed by atoms with Crippen molar-refractivity contribution in [1.82, 2.24) is 4.98 Å². The van der Waals surface area contributed by atoms with Gasteiger partial charge in [-0.3, -0.25) is 4.90 Å². The first-order valence-corrected chi connectivity index (χ1v) is 6.91. The summed E-state index contributed by atoms with van der Waals surface area (Å²) >= 11 is 2.20. The van der Waals surface area contributed by atoms with E-state index in [1.165, 1.54) is 0 Å². The summed E-state index contributed by atoms with van der Waals surface area (Å²) in [7, 11) is 0. The van der Waals surface area contributed by atoms with Crippen LogP contribution in [0.4, 0.5) is 10.6 Å². The van der Waals surface area contributed by atoms with E-state index in [0.29, 0.717) is 11.7 Å². The second-order valence-corrected chi connectivity index (χ2v) is 5.80. The molecule has 0 unspecified atom stereocenters. The van der Waals surface area contributed by atoms with Crippen LogP contribution in [0.3, 0.4) is 0 Å². The topological polar surface area (TPSA) is 42.4 Å². The summed E-state index contributed by atoms with van der Waals surface area (Å²) in [6.07, 6.45) is 4.99. The first-order valence-electron chi connectivity index (χ1n) is 5.84. The second-order valence-electron chi connectivity index (χ2n) is 4.56. The first kappa shape index (κ1) is 11.3. The molecule has 4 nitrogen and oxygen atoms in total. The summed E-state index contributed by atoms with van der Waals surface area (Å²) in [5, 5.41) is 0. The van der Waals surface area contributed by atoms with Crippen LogP contribution in [0.25, 0.3) is 0 Å². The predicted molar refractivity (Wildman–Crippen MR) is 71.9 cm³/mol. The number of hydrogen-bond donors (Lipinski definition) is 0. The van der Waals surface area contributed by atoms with Crippen molar-refractivity contribution in [3.8, 4) is 0 Å². The van der Waals surface area contributed by atoms with Crippen LogP contribution in [0, 0.1) is 9.49 Å². The zero-order valence-electron chi connectivity index (χ0n) is 9.30. The van der Waals surface area contributed by atoms with Crippen LogP contribution < -0.4 is 4.90 Å². The van der Waals surface area contributed by atoms with Gasteiger partial charge in [0.25, 0.3) is 0 Å². The Morgan fingerprint density at radius 3 is 3.06 bits per heavy atom. The van der Waals surface area contributed by atoms with Gasteiger partial charge in [-0.1, -0.05) is 0 Å². The number of amides is 1. The molecule has 2 fully saturated rings. The Morgan fingerprint density at radius 1 is 1.41 bits per heavy atom. The number of carbonyl (C=O) groups is 1. The van der Waals surface area contributed by atoms with Crippen molar-refractivity contribution in [3.63, 3.8) is 0 Å². The highest BCUT2D eigenvalue weighted by atomic mass is 127. The lowest BCUT2D eigenvalue weighted by Crippen LogP contribution is -2.46. The Labute approximate surface area is 113 Å². The Bertz CT molecular complexity index is 435. The Kier molecular flexibility index (Phi) is 2.94. The molecule has 0 bridgehead atoms. The Hall–Kier alpha value is -0.850. The highest BCUT2D eigenvalue weighted by Crippen LogP contribution is 2.34. The zero-order chi connectivity index (χ0) is 11.8. The molecule has 1 aliphatic heterocycles. The fourth-order valence-electron chi connectivity index (χ4n) is 2.58. The Morgan fingerprint density at radius 2 is 2.29 bits per heavy atom. The van der Waals surface area contributed by atoms with Crippen LogP contribution in [0.15, 0.2) is 18.3 Å². The minimum atomic E-state index is -0.248. The predicted octanol–water partition coefficient (Wildman–Crippen LogP) is 2.81. The molecule has 1 aromatic heterocycles. The van der Waals surface area contributed by atoms with Crippen LogP contribution in [-0.2, 0) is 4.74 Å². The van der Waals surface area contributed by atoms with E-state index in [2.05, 4.69) is 27.6 Å². The largest absolute Gasteiger partial charge is 0.445 e. The van der Waals surface area contributed by atoms with Gasteiger partial charge >= 0.3 is 6.09 Å². The summed E-state index contributed by atoms with van der Waals surface area (Å²) in [4.78, 5) is 17.8. The van der Waals surface area contributed by atoms with Gasteiger partial charge in [0.2, 0.25) is 0 Å². The molecule has 0 spiro atoms. The molecule has 1 aliphatic carbocycles. The van der Waals surface area contributed by atoms with Gasteiger partial charge < -0.3 is 4.74 Å². The third-order valence-electron chi connectivity index (χ3n) is 3.47. The molecular weight excluding hydrogens is 331 g/mol. The minimum absolute atomic E-state index is 0.141. The van der Waals surface area contributed by atoms with Gasteiger partial charge in [0.1, 0.15) is 11.9 Å². The molecule has 0 N–H and O–H groups in total. The molecule has 2 atom stereocenters. The number of halogens is 1. The van der Waals surface area contributed by atoms with Gasteiger partial charge in [-0.15, -0.1) is 0 Å². The molecule has 17 heavy (non-hydrogen) atoms. The van der Waals surface area contributed by atoms with Crippen LogP contribution in [0.2, 0.25) is 0 Å². The zero-order valence-corrected chi connectivity index (χ0v) is 11.5. The van der Waals surface area contributed by atoms with Crippen molar-refractivity contribution < 1.29 is 9.53 Å². The second kappa shape index (κ2) is 4.44. The maximum Gasteiger partial charge on any atom is 0.415 e. The smallest absolute Gasteiger partial charge is 0.415 e. The molecule has 90 valence electrons. The maximum atomic E-state index is 11.9. The number of fused-ring (bicyclic) bond motifs is 1. The molecule has 1 aromatic rings. The highest BCUT2D eigenvalue weighted by Gasteiger charge is 2.39. The first-order chi connectivity index (χ1) is 8.24. The average molecular weight is 344 g/mol. The van der Waals surface area contributed by atoms with Gasteiger partial charge in [0.15, 0.2) is 0 Å². The lowest BCUT2D eigenvalue weighted by molar-refractivity contribution is 0.0633. The molecule has 2 heterocycles. The summed E-state index contributed by atoms with van der Waals surface area (Å²) in [5.41, 5.74) is 0. The normalized spacial score (nSPS) is 27.8. The molecule has 5 heteroatoms.